The van der Waals surface area contributed by atoms with Crippen LogP contribution in [0.2, 0.25) is 0 Å². The molecular formula is C13H26N2O2. The van der Waals surface area contributed by atoms with Gasteiger partial charge in [-0.15, -0.1) is 0 Å². The highest BCUT2D eigenvalue weighted by molar-refractivity contribution is 5.83. The zero-order chi connectivity index (χ0) is 12.7. The molecule has 0 aliphatic carbocycles. The molecule has 1 aliphatic rings. The van der Waals surface area contributed by atoms with Gasteiger partial charge < -0.3 is 15.7 Å². The van der Waals surface area contributed by atoms with Gasteiger partial charge in [-0.3, -0.25) is 4.79 Å². The van der Waals surface area contributed by atoms with Crippen molar-refractivity contribution < 1.29 is 9.90 Å². The zero-order valence-corrected chi connectivity index (χ0v) is 11.1. The summed E-state index contributed by atoms with van der Waals surface area (Å²) in [5.41, 5.74) is -0.235. The maximum atomic E-state index is 12.2. The Morgan fingerprint density at radius 3 is 2.76 bits per heavy atom. The van der Waals surface area contributed by atoms with E-state index >= 15 is 0 Å². The Labute approximate surface area is 104 Å². The molecule has 0 radical (unpaired) electrons. The Hall–Kier alpha value is -0.610. The Morgan fingerprint density at radius 2 is 2.24 bits per heavy atom. The summed E-state index contributed by atoms with van der Waals surface area (Å²) in [4.78, 5) is 12.2. The van der Waals surface area contributed by atoms with Gasteiger partial charge >= 0.3 is 0 Å². The molecule has 0 bridgehead atoms. The summed E-state index contributed by atoms with van der Waals surface area (Å²) in [6, 6.07) is 0. The molecule has 2 atom stereocenters. The van der Waals surface area contributed by atoms with Crippen molar-refractivity contribution in [3.05, 3.63) is 0 Å². The van der Waals surface area contributed by atoms with Crippen LogP contribution in [0.1, 0.15) is 46.0 Å². The molecule has 3 N–H and O–H groups in total. The first-order chi connectivity index (χ1) is 8.14. The molecule has 1 heterocycles. The predicted molar refractivity (Wildman–Crippen MR) is 68.8 cm³/mol. The van der Waals surface area contributed by atoms with Gasteiger partial charge in [-0.2, -0.15) is 0 Å². The van der Waals surface area contributed by atoms with Crippen molar-refractivity contribution in [2.75, 3.05) is 19.6 Å². The van der Waals surface area contributed by atoms with Crippen molar-refractivity contribution in [1.82, 2.24) is 10.6 Å². The van der Waals surface area contributed by atoms with Crippen LogP contribution in [-0.2, 0) is 4.79 Å². The van der Waals surface area contributed by atoms with Crippen molar-refractivity contribution in [3.63, 3.8) is 0 Å². The Kier molecular flexibility index (Phi) is 5.92. The second kappa shape index (κ2) is 6.97. The van der Waals surface area contributed by atoms with Crippen LogP contribution in [-0.4, -0.2) is 36.8 Å². The van der Waals surface area contributed by atoms with E-state index in [1.807, 2.05) is 6.92 Å². The highest BCUT2D eigenvalue weighted by atomic mass is 16.3. The van der Waals surface area contributed by atoms with Crippen molar-refractivity contribution >= 4 is 5.91 Å². The third-order valence-corrected chi connectivity index (χ3v) is 3.57. The SMILES string of the molecule is CCCC(O)CNC(=O)C1(CCC)CCNC1. The summed E-state index contributed by atoms with van der Waals surface area (Å²) >= 11 is 0. The van der Waals surface area contributed by atoms with Crippen LogP contribution in [0.25, 0.3) is 0 Å². The molecular weight excluding hydrogens is 216 g/mol. The Balaban J connectivity index is 2.43. The van der Waals surface area contributed by atoms with Gasteiger partial charge in [0.25, 0.3) is 0 Å². The van der Waals surface area contributed by atoms with E-state index in [9.17, 15) is 9.90 Å². The number of aliphatic hydroxyl groups is 1. The van der Waals surface area contributed by atoms with Crippen LogP contribution in [0.3, 0.4) is 0 Å². The number of aliphatic hydroxyl groups excluding tert-OH is 1. The molecule has 0 spiro atoms. The Bertz CT molecular complexity index is 238. The van der Waals surface area contributed by atoms with Crippen LogP contribution < -0.4 is 10.6 Å². The van der Waals surface area contributed by atoms with Gasteiger partial charge in [0.1, 0.15) is 0 Å². The number of hydrogen-bond acceptors (Lipinski definition) is 3. The summed E-state index contributed by atoms with van der Waals surface area (Å²) in [5, 5.41) is 15.8. The van der Waals surface area contributed by atoms with Crippen molar-refractivity contribution in [2.24, 2.45) is 5.41 Å². The maximum Gasteiger partial charge on any atom is 0.227 e. The minimum atomic E-state index is -0.406. The average molecular weight is 242 g/mol. The molecule has 1 amide bonds. The first-order valence-corrected chi connectivity index (χ1v) is 6.81. The highest BCUT2D eigenvalue weighted by Gasteiger charge is 2.40. The van der Waals surface area contributed by atoms with Crippen LogP contribution in [0.15, 0.2) is 0 Å². The van der Waals surface area contributed by atoms with Crippen molar-refractivity contribution in [2.45, 2.75) is 52.1 Å². The lowest BCUT2D eigenvalue weighted by Crippen LogP contribution is -2.45. The number of hydrogen-bond donors (Lipinski definition) is 3. The highest BCUT2D eigenvalue weighted by Crippen LogP contribution is 2.31. The molecule has 1 saturated heterocycles. The van der Waals surface area contributed by atoms with Crippen molar-refractivity contribution in [3.8, 4) is 0 Å². The van der Waals surface area contributed by atoms with Gasteiger partial charge in [0, 0.05) is 13.1 Å². The maximum absolute atomic E-state index is 12.2. The zero-order valence-electron chi connectivity index (χ0n) is 11.1. The van der Waals surface area contributed by atoms with E-state index in [0.29, 0.717) is 6.54 Å². The smallest absolute Gasteiger partial charge is 0.227 e. The fourth-order valence-electron chi connectivity index (χ4n) is 2.58. The van der Waals surface area contributed by atoms with Crippen molar-refractivity contribution in [1.29, 1.82) is 0 Å². The number of amides is 1. The second-order valence-corrected chi connectivity index (χ2v) is 5.11. The van der Waals surface area contributed by atoms with Gasteiger partial charge in [-0.25, -0.2) is 0 Å². The first kappa shape index (κ1) is 14.5. The third-order valence-electron chi connectivity index (χ3n) is 3.57. The largest absolute Gasteiger partial charge is 0.391 e. The van der Waals surface area contributed by atoms with Gasteiger partial charge in [0.2, 0.25) is 5.91 Å². The second-order valence-electron chi connectivity index (χ2n) is 5.11. The number of rotatable bonds is 7. The van der Waals surface area contributed by atoms with E-state index in [4.69, 9.17) is 0 Å². The average Bonchev–Trinajstić information content (AvgIpc) is 2.77. The number of nitrogens with one attached hydrogen (secondary N) is 2. The van der Waals surface area contributed by atoms with Crippen LogP contribution in [0.4, 0.5) is 0 Å². The quantitative estimate of drug-likeness (QED) is 0.625. The Morgan fingerprint density at radius 1 is 1.47 bits per heavy atom. The lowest BCUT2D eigenvalue weighted by Gasteiger charge is -2.27. The summed E-state index contributed by atoms with van der Waals surface area (Å²) < 4.78 is 0. The van der Waals surface area contributed by atoms with Crippen LogP contribution in [0.5, 0.6) is 0 Å². The molecule has 0 saturated carbocycles. The molecule has 0 aromatic heterocycles. The number of carbonyl (C=O) groups excluding carboxylic acids is 1. The molecule has 4 heteroatoms. The van der Waals surface area contributed by atoms with Crippen LogP contribution in [0, 0.1) is 5.41 Å². The molecule has 1 aliphatic heterocycles. The molecule has 1 fully saturated rings. The van der Waals surface area contributed by atoms with Gasteiger partial charge in [0.15, 0.2) is 0 Å². The molecule has 0 aromatic carbocycles. The van der Waals surface area contributed by atoms with Gasteiger partial charge in [-0.1, -0.05) is 26.7 Å². The molecule has 2 unspecified atom stereocenters. The van der Waals surface area contributed by atoms with E-state index in [0.717, 1.165) is 45.2 Å². The van der Waals surface area contributed by atoms with E-state index in [1.54, 1.807) is 0 Å². The fraction of sp³-hybridized carbons (Fsp3) is 0.923. The third kappa shape index (κ3) is 3.96. The first-order valence-electron chi connectivity index (χ1n) is 6.81. The summed E-state index contributed by atoms with van der Waals surface area (Å²) in [6.07, 6.45) is 4.15. The predicted octanol–water partition coefficient (Wildman–Crippen LogP) is 1.04. The molecule has 1 rings (SSSR count). The standard InChI is InChI=1S/C13H26N2O2/c1-3-5-11(16)9-15-12(17)13(6-4-2)7-8-14-10-13/h11,14,16H,3-10H2,1-2H3,(H,15,17). The minimum Gasteiger partial charge on any atom is -0.391 e. The molecule has 0 aromatic rings. The van der Waals surface area contributed by atoms with Gasteiger partial charge in [-0.05, 0) is 25.8 Å². The lowest BCUT2D eigenvalue weighted by atomic mass is 9.81. The summed E-state index contributed by atoms with van der Waals surface area (Å²) in [7, 11) is 0. The van der Waals surface area contributed by atoms with E-state index < -0.39 is 6.10 Å². The van der Waals surface area contributed by atoms with E-state index in [1.165, 1.54) is 0 Å². The molecule has 17 heavy (non-hydrogen) atoms. The molecule has 100 valence electrons. The normalized spacial score (nSPS) is 25.8. The summed E-state index contributed by atoms with van der Waals surface area (Å²) in [5.74, 6) is 0.111. The van der Waals surface area contributed by atoms with E-state index in [-0.39, 0.29) is 11.3 Å². The monoisotopic (exact) mass is 242 g/mol. The fourth-order valence-corrected chi connectivity index (χ4v) is 2.58. The number of carbonyl (C=O) groups is 1. The topological polar surface area (TPSA) is 61.4 Å². The minimum absolute atomic E-state index is 0.111. The lowest BCUT2D eigenvalue weighted by molar-refractivity contribution is -0.131. The summed E-state index contributed by atoms with van der Waals surface area (Å²) in [6.45, 7) is 6.23. The van der Waals surface area contributed by atoms with Gasteiger partial charge in [0.05, 0.1) is 11.5 Å². The van der Waals surface area contributed by atoms with Crippen LogP contribution >= 0.6 is 0 Å². The van der Waals surface area contributed by atoms with E-state index in [2.05, 4.69) is 17.6 Å². The molecule has 4 nitrogen and oxygen atoms in total.